The molecule has 0 fully saturated rings. The highest BCUT2D eigenvalue weighted by molar-refractivity contribution is 7.91. The highest BCUT2D eigenvalue weighted by atomic mass is 32.2. The molecule has 21 heavy (non-hydrogen) atoms. The van der Waals surface area contributed by atoms with Crippen molar-refractivity contribution < 1.29 is 13.2 Å². The third-order valence-electron chi connectivity index (χ3n) is 2.66. The van der Waals surface area contributed by atoms with Crippen LogP contribution in [0.1, 0.15) is 11.1 Å². The van der Waals surface area contributed by atoms with Crippen molar-refractivity contribution >= 4 is 15.7 Å². The number of ether oxygens (including phenoxy) is 1. The summed E-state index contributed by atoms with van der Waals surface area (Å²) in [7, 11) is -2.06. The topological polar surface area (TPSA) is 92.1 Å². The van der Waals surface area contributed by atoms with Crippen LogP contribution in [0, 0.1) is 11.3 Å². The summed E-state index contributed by atoms with van der Waals surface area (Å²) >= 11 is 0. The van der Waals surface area contributed by atoms with Crippen molar-refractivity contribution in [2.24, 2.45) is 0 Å². The molecule has 0 radical (unpaired) electrons. The summed E-state index contributed by atoms with van der Waals surface area (Å²) in [6.45, 7) is 0. The van der Waals surface area contributed by atoms with E-state index in [-0.39, 0.29) is 5.75 Å². The second-order valence-electron chi connectivity index (χ2n) is 4.26. The summed E-state index contributed by atoms with van der Waals surface area (Å²) in [5.74, 6) is 0.232. The normalized spacial score (nSPS) is 10.7. The van der Waals surface area contributed by atoms with Crippen LogP contribution in [0.4, 0.5) is 5.69 Å². The molecule has 1 aromatic carbocycles. The minimum atomic E-state index is -3.54. The molecule has 2 aromatic rings. The lowest BCUT2D eigenvalue weighted by atomic mass is 10.2. The van der Waals surface area contributed by atoms with Crippen molar-refractivity contribution in [2.75, 3.05) is 11.8 Å². The van der Waals surface area contributed by atoms with Crippen molar-refractivity contribution in [3.8, 4) is 11.9 Å². The lowest BCUT2D eigenvalue weighted by molar-refractivity contribution is 0.398. The predicted octanol–water partition coefficient (Wildman–Crippen LogP) is 1.90. The Labute approximate surface area is 123 Å². The zero-order chi connectivity index (χ0) is 15.3. The second-order valence-corrected chi connectivity index (χ2v) is 5.98. The third-order valence-corrected chi connectivity index (χ3v) is 3.92. The molecule has 0 unspecified atom stereocenters. The van der Waals surface area contributed by atoms with Gasteiger partial charge in [0.2, 0.25) is 15.9 Å². The fraction of sp³-hybridized carbons (Fsp3) is 0.143. The first-order valence-electron chi connectivity index (χ1n) is 6.02. The van der Waals surface area contributed by atoms with Crippen molar-refractivity contribution in [3.63, 3.8) is 0 Å². The average Bonchev–Trinajstić information content (AvgIpc) is 2.48. The molecule has 6 nitrogen and oxygen atoms in total. The Bertz CT molecular complexity index is 748. The molecule has 0 saturated heterocycles. The van der Waals surface area contributed by atoms with Gasteiger partial charge in [0.05, 0.1) is 36.4 Å². The smallest absolute Gasteiger partial charge is 0.236 e. The first-order valence-corrected chi connectivity index (χ1v) is 7.67. The molecule has 0 atom stereocenters. The number of aromatic nitrogens is 1. The maximum Gasteiger partial charge on any atom is 0.236 e. The summed E-state index contributed by atoms with van der Waals surface area (Å²) < 4.78 is 31.4. The highest BCUT2D eigenvalue weighted by Gasteiger charge is 2.12. The Morgan fingerprint density at radius 2 is 1.95 bits per heavy atom. The largest absolute Gasteiger partial charge is 0.481 e. The molecular formula is C14H13N3O3S. The fourth-order valence-corrected chi connectivity index (χ4v) is 2.86. The van der Waals surface area contributed by atoms with Crippen LogP contribution in [-0.2, 0) is 15.8 Å². The molecule has 1 N–H and O–H groups in total. The zero-order valence-electron chi connectivity index (χ0n) is 11.3. The molecule has 0 amide bonds. The van der Waals surface area contributed by atoms with Gasteiger partial charge in [0.25, 0.3) is 0 Å². The number of nitrogens with zero attached hydrogens (tertiary/aromatic N) is 2. The molecule has 0 aliphatic heterocycles. The van der Waals surface area contributed by atoms with E-state index in [0.717, 1.165) is 0 Å². The van der Waals surface area contributed by atoms with Gasteiger partial charge in [-0.3, -0.25) is 4.72 Å². The number of sulfonamides is 1. The summed E-state index contributed by atoms with van der Waals surface area (Å²) in [6, 6.07) is 11.5. The SMILES string of the molecule is COc1ccc(NS(=O)(=O)Cc2ccc(C#N)cc2)cn1. The first-order chi connectivity index (χ1) is 10.0. The van der Waals surface area contributed by atoms with Gasteiger partial charge in [-0.1, -0.05) is 12.1 Å². The van der Waals surface area contributed by atoms with E-state index in [0.29, 0.717) is 22.7 Å². The fourth-order valence-electron chi connectivity index (χ4n) is 1.67. The van der Waals surface area contributed by atoms with Crippen LogP contribution in [0.2, 0.25) is 0 Å². The van der Waals surface area contributed by atoms with Crippen LogP contribution in [0.3, 0.4) is 0 Å². The lowest BCUT2D eigenvalue weighted by Gasteiger charge is -2.08. The monoisotopic (exact) mass is 303 g/mol. The third kappa shape index (κ3) is 4.19. The molecule has 108 valence electrons. The van der Waals surface area contributed by atoms with E-state index < -0.39 is 10.0 Å². The Morgan fingerprint density at radius 3 is 2.48 bits per heavy atom. The highest BCUT2D eigenvalue weighted by Crippen LogP contribution is 2.15. The number of hydrogen-bond acceptors (Lipinski definition) is 5. The minimum absolute atomic E-state index is 0.176. The minimum Gasteiger partial charge on any atom is -0.481 e. The van der Waals surface area contributed by atoms with E-state index in [9.17, 15) is 8.42 Å². The number of nitrogens with one attached hydrogen (secondary N) is 1. The van der Waals surface area contributed by atoms with Gasteiger partial charge in [0.15, 0.2) is 0 Å². The summed E-state index contributed by atoms with van der Waals surface area (Å²) in [4.78, 5) is 3.93. The Morgan fingerprint density at radius 1 is 1.24 bits per heavy atom. The Balaban J connectivity index is 2.08. The Kier molecular flexibility index (Phi) is 4.40. The number of methoxy groups -OCH3 is 1. The molecular weight excluding hydrogens is 290 g/mol. The van der Waals surface area contributed by atoms with Gasteiger partial charge in [0.1, 0.15) is 0 Å². The van der Waals surface area contributed by atoms with Crippen LogP contribution < -0.4 is 9.46 Å². The predicted molar refractivity (Wildman–Crippen MR) is 78.2 cm³/mol. The van der Waals surface area contributed by atoms with E-state index >= 15 is 0 Å². The number of anilines is 1. The van der Waals surface area contributed by atoms with E-state index in [4.69, 9.17) is 10.00 Å². The number of pyridine rings is 1. The summed E-state index contributed by atoms with van der Waals surface area (Å²) in [6.07, 6.45) is 1.38. The van der Waals surface area contributed by atoms with Crippen molar-refractivity contribution in [3.05, 3.63) is 53.7 Å². The maximum absolute atomic E-state index is 12.0. The second kappa shape index (κ2) is 6.24. The van der Waals surface area contributed by atoms with Gasteiger partial charge in [0, 0.05) is 6.07 Å². The van der Waals surface area contributed by atoms with Crippen molar-refractivity contribution in [1.82, 2.24) is 4.98 Å². The number of hydrogen-bond donors (Lipinski definition) is 1. The van der Waals surface area contributed by atoms with Gasteiger partial charge >= 0.3 is 0 Å². The van der Waals surface area contributed by atoms with Crippen LogP contribution >= 0.6 is 0 Å². The van der Waals surface area contributed by atoms with Crippen LogP contribution in [-0.4, -0.2) is 20.5 Å². The summed E-state index contributed by atoms with van der Waals surface area (Å²) in [5.41, 5.74) is 1.45. The zero-order valence-corrected chi connectivity index (χ0v) is 12.1. The number of benzene rings is 1. The van der Waals surface area contributed by atoms with Crippen LogP contribution in [0.15, 0.2) is 42.6 Å². The lowest BCUT2D eigenvalue weighted by Crippen LogP contribution is -2.15. The average molecular weight is 303 g/mol. The van der Waals surface area contributed by atoms with Gasteiger partial charge < -0.3 is 4.74 Å². The Hall–Kier alpha value is -2.59. The molecule has 1 aromatic heterocycles. The van der Waals surface area contributed by atoms with Gasteiger partial charge in [-0.05, 0) is 23.8 Å². The maximum atomic E-state index is 12.0. The molecule has 2 rings (SSSR count). The molecule has 0 bridgehead atoms. The quantitative estimate of drug-likeness (QED) is 0.910. The van der Waals surface area contributed by atoms with Gasteiger partial charge in [-0.25, -0.2) is 13.4 Å². The molecule has 0 aliphatic rings. The number of nitriles is 1. The van der Waals surface area contributed by atoms with Gasteiger partial charge in [-0.2, -0.15) is 5.26 Å². The standard InChI is InChI=1S/C14H13N3O3S/c1-20-14-7-6-13(9-16-14)17-21(18,19)10-12-4-2-11(8-15)3-5-12/h2-7,9,17H,10H2,1H3. The number of rotatable bonds is 5. The van der Waals surface area contributed by atoms with Crippen LogP contribution in [0.25, 0.3) is 0 Å². The van der Waals surface area contributed by atoms with E-state index in [1.165, 1.54) is 13.3 Å². The van der Waals surface area contributed by atoms with Crippen molar-refractivity contribution in [1.29, 1.82) is 5.26 Å². The summed E-state index contributed by atoms with van der Waals surface area (Å²) in [5, 5.41) is 8.70. The molecule has 0 spiro atoms. The molecule has 0 aliphatic carbocycles. The first kappa shape index (κ1) is 14.8. The van der Waals surface area contributed by atoms with E-state index in [2.05, 4.69) is 9.71 Å². The van der Waals surface area contributed by atoms with Crippen molar-refractivity contribution in [2.45, 2.75) is 5.75 Å². The van der Waals surface area contributed by atoms with Gasteiger partial charge in [-0.15, -0.1) is 0 Å². The van der Waals surface area contributed by atoms with Crippen LogP contribution in [0.5, 0.6) is 5.88 Å². The van der Waals surface area contributed by atoms with E-state index in [1.54, 1.807) is 36.4 Å². The molecule has 7 heteroatoms. The van der Waals surface area contributed by atoms with E-state index in [1.807, 2.05) is 6.07 Å². The molecule has 1 heterocycles. The molecule has 0 saturated carbocycles.